The van der Waals surface area contributed by atoms with E-state index in [-0.39, 0.29) is 0 Å². The number of thiocarbonyl (C=S) groups is 1. The largest absolute Gasteiger partial charge is 0.389 e. The van der Waals surface area contributed by atoms with Crippen molar-refractivity contribution in [2.45, 2.75) is 0 Å². The highest BCUT2D eigenvalue weighted by molar-refractivity contribution is 7.80. The van der Waals surface area contributed by atoms with Gasteiger partial charge in [0.15, 0.2) is 0 Å². The van der Waals surface area contributed by atoms with E-state index >= 15 is 0 Å². The van der Waals surface area contributed by atoms with Crippen molar-refractivity contribution in [3.8, 4) is 0 Å². The first kappa shape index (κ1) is 13.9. The highest BCUT2D eigenvalue weighted by Crippen LogP contribution is 2.14. The van der Waals surface area contributed by atoms with E-state index in [1.54, 1.807) is 7.11 Å². The van der Waals surface area contributed by atoms with E-state index in [0.717, 1.165) is 11.3 Å². The monoisotopic (exact) mass is 254 g/mol. The quantitative estimate of drug-likeness (QED) is 0.542. The van der Waals surface area contributed by atoms with Gasteiger partial charge < -0.3 is 20.5 Å². The van der Waals surface area contributed by atoms with Gasteiger partial charge in [-0.15, -0.1) is 0 Å². The molecule has 0 saturated heterocycles. The lowest BCUT2D eigenvalue weighted by molar-refractivity contribution is 0.0759. The van der Waals surface area contributed by atoms with Gasteiger partial charge in [-0.1, -0.05) is 24.4 Å². The molecule has 0 aliphatic heterocycles. The summed E-state index contributed by atoms with van der Waals surface area (Å²) in [5.74, 6) is 0. The fourth-order valence-electron chi connectivity index (χ4n) is 1.35. The first-order valence-electron chi connectivity index (χ1n) is 5.45. The number of nitrogens with one attached hydrogen (secondary N) is 1. The Balaban J connectivity index is 2.34. The van der Waals surface area contributed by atoms with Gasteiger partial charge in [0.1, 0.15) is 4.99 Å². The molecule has 5 heteroatoms. The van der Waals surface area contributed by atoms with Crippen LogP contribution in [0, 0.1) is 0 Å². The molecule has 1 rings (SSSR count). The molecule has 0 fully saturated rings. The molecule has 0 radical (unpaired) electrons. The Morgan fingerprint density at radius 2 is 2.06 bits per heavy atom. The number of hydrogen-bond donors (Lipinski definition) is 2. The molecular formula is C12H18N2O2S. The minimum Gasteiger partial charge on any atom is -0.389 e. The van der Waals surface area contributed by atoms with Crippen LogP contribution in [-0.4, -0.2) is 38.5 Å². The Kier molecular flexibility index (Phi) is 6.54. The molecule has 1 aromatic rings. The maximum Gasteiger partial charge on any atom is 0.106 e. The van der Waals surface area contributed by atoms with Gasteiger partial charge in [0.25, 0.3) is 0 Å². The Morgan fingerprint density at radius 3 is 2.76 bits per heavy atom. The normalized spacial score (nSPS) is 10.2. The van der Waals surface area contributed by atoms with Crippen LogP contribution in [0.4, 0.5) is 5.69 Å². The van der Waals surface area contributed by atoms with Gasteiger partial charge in [-0.2, -0.15) is 0 Å². The number of benzene rings is 1. The third-order valence-electron chi connectivity index (χ3n) is 2.19. The summed E-state index contributed by atoms with van der Waals surface area (Å²) in [6.45, 7) is 2.55. The van der Waals surface area contributed by atoms with Gasteiger partial charge in [0, 0.05) is 24.9 Å². The van der Waals surface area contributed by atoms with E-state index in [2.05, 4.69) is 5.32 Å². The number of para-hydroxylation sites is 1. The zero-order valence-corrected chi connectivity index (χ0v) is 10.8. The maximum absolute atomic E-state index is 5.63. The number of ether oxygens (including phenoxy) is 2. The first-order valence-corrected chi connectivity index (χ1v) is 5.86. The van der Waals surface area contributed by atoms with Crippen LogP contribution < -0.4 is 11.1 Å². The van der Waals surface area contributed by atoms with Gasteiger partial charge in [-0.3, -0.25) is 0 Å². The third kappa shape index (κ3) is 5.12. The summed E-state index contributed by atoms with van der Waals surface area (Å²) >= 11 is 4.98. The Morgan fingerprint density at radius 1 is 1.29 bits per heavy atom. The van der Waals surface area contributed by atoms with Crippen LogP contribution in [0.5, 0.6) is 0 Å². The summed E-state index contributed by atoms with van der Waals surface area (Å²) in [5.41, 5.74) is 7.43. The lowest BCUT2D eigenvalue weighted by Gasteiger charge is -2.11. The molecule has 17 heavy (non-hydrogen) atoms. The minimum absolute atomic E-state index is 0.397. The number of nitrogens with two attached hydrogens (primary N) is 1. The average Bonchev–Trinajstić information content (AvgIpc) is 2.34. The topological polar surface area (TPSA) is 56.5 Å². The predicted octanol–water partition coefficient (Wildman–Crippen LogP) is 1.40. The van der Waals surface area contributed by atoms with Gasteiger partial charge in [-0.25, -0.2) is 0 Å². The molecule has 0 amide bonds. The molecule has 4 nitrogen and oxygen atoms in total. The van der Waals surface area contributed by atoms with Crippen LogP contribution in [0.25, 0.3) is 0 Å². The van der Waals surface area contributed by atoms with E-state index in [9.17, 15) is 0 Å². The smallest absolute Gasteiger partial charge is 0.106 e. The van der Waals surface area contributed by atoms with Crippen molar-refractivity contribution in [2.75, 3.05) is 38.8 Å². The molecule has 0 saturated carbocycles. The molecule has 1 aromatic carbocycles. The highest BCUT2D eigenvalue weighted by Gasteiger charge is 2.02. The summed E-state index contributed by atoms with van der Waals surface area (Å²) in [5, 5.41) is 3.24. The van der Waals surface area contributed by atoms with E-state index in [4.69, 9.17) is 27.4 Å². The fourth-order valence-corrected chi connectivity index (χ4v) is 1.53. The number of anilines is 1. The average molecular weight is 254 g/mol. The maximum atomic E-state index is 5.63. The second-order valence-corrected chi connectivity index (χ2v) is 3.88. The van der Waals surface area contributed by atoms with Crippen LogP contribution in [0.15, 0.2) is 24.3 Å². The van der Waals surface area contributed by atoms with Crippen molar-refractivity contribution in [1.82, 2.24) is 0 Å². The van der Waals surface area contributed by atoms with Crippen LogP contribution in [-0.2, 0) is 9.47 Å². The molecule has 0 spiro atoms. The first-order chi connectivity index (χ1) is 8.25. The van der Waals surface area contributed by atoms with Crippen molar-refractivity contribution < 1.29 is 9.47 Å². The number of methoxy groups -OCH3 is 1. The lowest BCUT2D eigenvalue weighted by atomic mass is 10.2. The standard InChI is InChI=1S/C12H18N2O2S/c1-15-8-9-16-7-6-14-11-5-3-2-4-10(11)12(13)17/h2-5,14H,6-9H2,1H3,(H2,13,17). The second kappa shape index (κ2) is 8.00. The molecule has 0 aliphatic rings. The van der Waals surface area contributed by atoms with Gasteiger partial charge in [0.05, 0.1) is 19.8 Å². The molecule has 3 N–H and O–H groups in total. The Hall–Kier alpha value is -1.17. The summed E-state index contributed by atoms with van der Waals surface area (Å²) in [4.78, 5) is 0.397. The van der Waals surface area contributed by atoms with Crippen molar-refractivity contribution in [2.24, 2.45) is 5.73 Å². The zero-order valence-electron chi connectivity index (χ0n) is 9.94. The number of hydrogen-bond acceptors (Lipinski definition) is 4. The van der Waals surface area contributed by atoms with Gasteiger partial charge in [-0.05, 0) is 12.1 Å². The fraction of sp³-hybridized carbons (Fsp3) is 0.417. The summed E-state index contributed by atoms with van der Waals surface area (Å²) in [6, 6.07) is 7.70. The molecule has 94 valence electrons. The zero-order chi connectivity index (χ0) is 12.5. The Labute approximate surface area is 107 Å². The second-order valence-electron chi connectivity index (χ2n) is 3.44. The minimum atomic E-state index is 0.397. The summed E-state index contributed by atoms with van der Waals surface area (Å²) in [6.07, 6.45) is 0. The SMILES string of the molecule is COCCOCCNc1ccccc1C(N)=S. The van der Waals surface area contributed by atoms with Crippen LogP contribution in [0.1, 0.15) is 5.56 Å². The molecule has 0 heterocycles. The lowest BCUT2D eigenvalue weighted by Crippen LogP contribution is -2.16. The molecule has 0 aliphatic carbocycles. The van der Waals surface area contributed by atoms with Gasteiger partial charge >= 0.3 is 0 Å². The summed E-state index contributed by atoms with van der Waals surface area (Å²) in [7, 11) is 1.65. The summed E-state index contributed by atoms with van der Waals surface area (Å²) < 4.78 is 10.2. The Bertz CT molecular complexity index is 358. The third-order valence-corrected chi connectivity index (χ3v) is 2.41. The molecule has 0 aromatic heterocycles. The van der Waals surface area contributed by atoms with E-state index in [1.807, 2.05) is 24.3 Å². The van der Waals surface area contributed by atoms with Crippen molar-refractivity contribution in [3.05, 3.63) is 29.8 Å². The molecule has 0 atom stereocenters. The van der Waals surface area contributed by atoms with Crippen LogP contribution >= 0.6 is 12.2 Å². The molecule has 0 bridgehead atoms. The molecular weight excluding hydrogens is 236 g/mol. The van der Waals surface area contributed by atoms with Crippen molar-refractivity contribution in [3.63, 3.8) is 0 Å². The van der Waals surface area contributed by atoms with Crippen LogP contribution in [0.3, 0.4) is 0 Å². The van der Waals surface area contributed by atoms with Crippen LogP contribution in [0.2, 0.25) is 0 Å². The van der Waals surface area contributed by atoms with E-state index < -0.39 is 0 Å². The van der Waals surface area contributed by atoms with E-state index in [1.165, 1.54) is 0 Å². The van der Waals surface area contributed by atoms with Crippen molar-refractivity contribution >= 4 is 22.9 Å². The van der Waals surface area contributed by atoms with Crippen molar-refractivity contribution in [1.29, 1.82) is 0 Å². The highest BCUT2D eigenvalue weighted by atomic mass is 32.1. The number of rotatable bonds is 8. The predicted molar refractivity (Wildman–Crippen MR) is 73.5 cm³/mol. The molecule has 0 unspecified atom stereocenters. The van der Waals surface area contributed by atoms with Gasteiger partial charge in [0.2, 0.25) is 0 Å². The van der Waals surface area contributed by atoms with E-state index in [0.29, 0.717) is 31.4 Å².